The maximum atomic E-state index is 12.7. The van der Waals surface area contributed by atoms with E-state index in [1.54, 1.807) is 13.0 Å². The van der Waals surface area contributed by atoms with Gasteiger partial charge in [0.15, 0.2) is 5.69 Å². The normalized spacial score (nSPS) is 19.1. The van der Waals surface area contributed by atoms with Gasteiger partial charge in [0, 0.05) is 30.2 Å². The van der Waals surface area contributed by atoms with Gasteiger partial charge in [0.2, 0.25) is 0 Å². The maximum Gasteiger partial charge on any atom is 0.277 e. The van der Waals surface area contributed by atoms with E-state index in [-0.39, 0.29) is 5.91 Å². The molecule has 5 heteroatoms. The fourth-order valence-electron chi connectivity index (χ4n) is 5.24. The fourth-order valence-corrected chi connectivity index (χ4v) is 5.24. The number of amides is 1. The van der Waals surface area contributed by atoms with Crippen molar-refractivity contribution in [3.63, 3.8) is 0 Å². The standard InChI is InChI=1S/C26H35N3O2/c1-4-29(5-2)15-13-20(14-16-29)22-11-12-24(23(18-22)21-9-7-6-8-10-21)27-26(30)25-17-19(3)31-28-25/h9,11-12,17-18,20H,4-8,10,13-16H2,1-3H3/p+1. The number of quaternary nitrogens is 1. The minimum absolute atomic E-state index is 0.215. The monoisotopic (exact) mass is 422 g/mol. The predicted octanol–water partition coefficient (Wildman–Crippen LogP) is 5.93. The molecule has 2 heterocycles. The Kier molecular flexibility index (Phi) is 6.61. The number of hydrogen-bond donors (Lipinski definition) is 1. The van der Waals surface area contributed by atoms with Crippen LogP contribution in [0.25, 0.3) is 5.57 Å². The van der Waals surface area contributed by atoms with Gasteiger partial charge in [-0.3, -0.25) is 4.79 Å². The average Bonchev–Trinajstić information content (AvgIpc) is 3.26. The molecule has 0 saturated carbocycles. The number of allylic oxidation sites excluding steroid dienone is 2. The summed E-state index contributed by atoms with van der Waals surface area (Å²) in [6, 6.07) is 8.35. The van der Waals surface area contributed by atoms with Crippen LogP contribution in [0.4, 0.5) is 5.69 Å². The Morgan fingerprint density at radius 2 is 1.94 bits per heavy atom. The molecule has 1 N–H and O–H groups in total. The summed E-state index contributed by atoms with van der Waals surface area (Å²) in [5, 5.41) is 6.96. The molecule has 1 aliphatic heterocycles. The predicted molar refractivity (Wildman–Crippen MR) is 125 cm³/mol. The smallest absolute Gasteiger partial charge is 0.277 e. The van der Waals surface area contributed by atoms with Gasteiger partial charge < -0.3 is 14.3 Å². The third-order valence-corrected chi connectivity index (χ3v) is 7.51. The molecule has 0 spiro atoms. The van der Waals surface area contributed by atoms with Crippen LogP contribution < -0.4 is 5.32 Å². The number of hydrogen-bond acceptors (Lipinski definition) is 3. The number of rotatable bonds is 6. The first-order valence-electron chi connectivity index (χ1n) is 12.0. The van der Waals surface area contributed by atoms with Gasteiger partial charge in [-0.15, -0.1) is 0 Å². The lowest BCUT2D eigenvalue weighted by Crippen LogP contribution is -2.52. The van der Waals surface area contributed by atoms with Crippen LogP contribution in [0.5, 0.6) is 0 Å². The summed E-state index contributed by atoms with van der Waals surface area (Å²) in [5.74, 6) is 1.03. The zero-order valence-corrected chi connectivity index (χ0v) is 19.2. The highest BCUT2D eigenvalue weighted by molar-refractivity contribution is 6.04. The zero-order valence-electron chi connectivity index (χ0n) is 19.2. The first-order valence-corrected chi connectivity index (χ1v) is 12.0. The first kappa shape index (κ1) is 21.8. The van der Waals surface area contributed by atoms with Crippen molar-refractivity contribution < 1.29 is 13.8 Å². The van der Waals surface area contributed by atoms with Crippen molar-refractivity contribution in [1.82, 2.24) is 5.16 Å². The van der Waals surface area contributed by atoms with Gasteiger partial charge >= 0.3 is 0 Å². The molecule has 0 unspecified atom stereocenters. The van der Waals surface area contributed by atoms with E-state index in [1.165, 1.54) is 73.0 Å². The van der Waals surface area contributed by atoms with E-state index >= 15 is 0 Å². The van der Waals surface area contributed by atoms with Gasteiger partial charge in [0.1, 0.15) is 5.76 Å². The minimum atomic E-state index is -0.215. The molecular formula is C26H36N3O2+. The number of benzene rings is 1. The van der Waals surface area contributed by atoms with Gasteiger partial charge in [-0.25, -0.2) is 0 Å². The highest BCUT2D eigenvalue weighted by Crippen LogP contribution is 2.37. The largest absolute Gasteiger partial charge is 0.361 e. The number of piperidine rings is 1. The number of carbonyl (C=O) groups excluding carboxylic acids is 1. The van der Waals surface area contributed by atoms with Crippen LogP contribution in [0.15, 0.2) is 34.9 Å². The number of likely N-dealkylation sites (tertiary alicyclic amines) is 1. The van der Waals surface area contributed by atoms with Crippen molar-refractivity contribution in [3.05, 3.63) is 52.9 Å². The van der Waals surface area contributed by atoms with Crippen molar-refractivity contribution in [3.8, 4) is 0 Å². The van der Waals surface area contributed by atoms with Crippen molar-refractivity contribution in [2.75, 3.05) is 31.5 Å². The number of anilines is 1. The highest BCUT2D eigenvalue weighted by atomic mass is 16.5. The van der Waals surface area contributed by atoms with Crippen LogP contribution in [-0.2, 0) is 0 Å². The lowest BCUT2D eigenvalue weighted by molar-refractivity contribution is -0.929. The SMILES string of the molecule is CC[N+]1(CC)CCC(c2ccc(NC(=O)c3cc(C)on3)c(C3=CCCCC3)c2)CC1. The second-order valence-corrected chi connectivity index (χ2v) is 9.25. The van der Waals surface area contributed by atoms with Crippen LogP contribution in [0.3, 0.4) is 0 Å². The molecule has 0 atom stereocenters. The highest BCUT2D eigenvalue weighted by Gasteiger charge is 2.32. The summed E-state index contributed by atoms with van der Waals surface area (Å²) in [5.41, 5.74) is 5.17. The Hall–Kier alpha value is -2.40. The van der Waals surface area contributed by atoms with E-state index in [1.807, 2.05) is 0 Å². The molecule has 2 aliphatic rings. The molecule has 0 bridgehead atoms. The van der Waals surface area contributed by atoms with E-state index in [0.717, 1.165) is 18.5 Å². The molecule has 166 valence electrons. The van der Waals surface area contributed by atoms with Gasteiger partial charge in [-0.2, -0.15) is 0 Å². The summed E-state index contributed by atoms with van der Waals surface area (Å²) in [6.07, 6.45) is 9.49. The van der Waals surface area contributed by atoms with Gasteiger partial charge in [0.25, 0.3) is 5.91 Å². The lowest BCUT2D eigenvalue weighted by atomic mass is 9.84. The Balaban J connectivity index is 1.59. The van der Waals surface area contributed by atoms with E-state index in [0.29, 0.717) is 17.4 Å². The van der Waals surface area contributed by atoms with Gasteiger partial charge in [-0.1, -0.05) is 17.3 Å². The fraction of sp³-hybridized carbons (Fsp3) is 0.538. The summed E-state index contributed by atoms with van der Waals surface area (Å²) in [7, 11) is 0. The van der Waals surface area contributed by atoms with Crippen molar-refractivity contribution >= 4 is 17.2 Å². The van der Waals surface area contributed by atoms with Crippen molar-refractivity contribution in [2.24, 2.45) is 0 Å². The lowest BCUT2D eigenvalue weighted by Gasteiger charge is -2.42. The van der Waals surface area contributed by atoms with Crippen molar-refractivity contribution in [2.45, 2.75) is 65.2 Å². The van der Waals surface area contributed by atoms with E-state index in [4.69, 9.17) is 4.52 Å². The Labute approximate surface area is 186 Å². The summed E-state index contributed by atoms with van der Waals surface area (Å²) in [4.78, 5) is 12.7. The van der Waals surface area contributed by atoms with Crippen LogP contribution in [0.1, 0.15) is 85.7 Å². The summed E-state index contributed by atoms with van der Waals surface area (Å²) < 4.78 is 6.33. The molecule has 5 nitrogen and oxygen atoms in total. The van der Waals surface area contributed by atoms with E-state index in [9.17, 15) is 4.79 Å². The molecule has 1 fully saturated rings. The van der Waals surface area contributed by atoms with Crippen LogP contribution in [0.2, 0.25) is 0 Å². The zero-order chi connectivity index (χ0) is 21.8. The number of aryl methyl sites for hydroxylation is 1. The number of aromatic nitrogens is 1. The van der Waals surface area contributed by atoms with E-state index < -0.39 is 0 Å². The molecule has 4 rings (SSSR count). The topological polar surface area (TPSA) is 55.1 Å². The van der Waals surface area contributed by atoms with Crippen LogP contribution in [0, 0.1) is 6.92 Å². The molecule has 31 heavy (non-hydrogen) atoms. The number of carbonyl (C=O) groups is 1. The summed E-state index contributed by atoms with van der Waals surface area (Å²) in [6.45, 7) is 11.4. The molecule has 0 radical (unpaired) electrons. The summed E-state index contributed by atoms with van der Waals surface area (Å²) >= 11 is 0. The second kappa shape index (κ2) is 9.39. The van der Waals surface area contributed by atoms with Crippen LogP contribution >= 0.6 is 0 Å². The minimum Gasteiger partial charge on any atom is -0.361 e. The Bertz CT molecular complexity index is 945. The van der Waals surface area contributed by atoms with Gasteiger partial charge in [0.05, 0.1) is 26.2 Å². The molecular weight excluding hydrogens is 386 g/mol. The molecule has 1 aromatic heterocycles. The maximum absolute atomic E-state index is 12.7. The number of nitrogens with one attached hydrogen (secondary N) is 1. The Morgan fingerprint density at radius 1 is 1.16 bits per heavy atom. The molecule has 1 amide bonds. The molecule has 1 aliphatic carbocycles. The molecule has 1 saturated heterocycles. The molecule has 1 aromatic carbocycles. The third-order valence-electron chi connectivity index (χ3n) is 7.51. The Morgan fingerprint density at radius 3 is 2.55 bits per heavy atom. The quantitative estimate of drug-likeness (QED) is 0.587. The first-order chi connectivity index (χ1) is 15.0. The van der Waals surface area contributed by atoms with Crippen molar-refractivity contribution in [1.29, 1.82) is 0 Å². The average molecular weight is 423 g/mol. The number of nitrogens with zero attached hydrogens (tertiary/aromatic N) is 2. The van der Waals surface area contributed by atoms with E-state index in [2.05, 4.69) is 48.6 Å². The third kappa shape index (κ3) is 4.77. The second-order valence-electron chi connectivity index (χ2n) is 9.25. The molecule has 2 aromatic rings. The van der Waals surface area contributed by atoms with Gasteiger partial charge in [-0.05, 0) is 75.6 Å². The van der Waals surface area contributed by atoms with Crippen LogP contribution in [-0.4, -0.2) is 41.7 Å².